The maximum atomic E-state index is 12.3. The maximum absolute atomic E-state index is 12.3. The van der Waals surface area contributed by atoms with Crippen LogP contribution in [0.5, 0.6) is 0 Å². The van der Waals surface area contributed by atoms with Gasteiger partial charge in [-0.1, -0.05) is 30.3 Å². The minimum atomic E-state index is -0.338. The van der Waals surface area contributed by atoms with E-state index in [0.717, 1.165) is 23.4 Å². The van der Waals surface area contributed by atoms with E-state index in [2.05, 4.69) is 4.90 Å². The third kappa shape index (κ3) is 5.01. The normalized spacial score (nSPS) is 12.2. The number of hydrogen-bond donors (Lipinski definition) is 0. The van der Waals surface area contributed by atoms with Crippen molar-refractivity contribution < 1.29 is 14.3 Å². The summed E-state index contributed by atoms with van der Waals surface area (Å²) in [5, 5.41) is 1.88. The predicted molar refractivity (Wildman–Crippen MR) is 96.7 cm³/mol. The van der Waals surface area contributed by atoms with Crippen molar-refractivity contribution in [3.63, 3.8) is 0 Å². The van der Waals surface area contributed by atoms with Crippen molar-refractivity contribution in [2.75, 3.05) is 27.2 Å². The molecule has 5 heteroatoms. The van der Waals surface area contributed by atoms with Crippen molar-refractivity contribution in [2.24, 2.45) is 0 Å². The molecule has 1 unspecified atom stereocenters. The number of carbonyl (C=O) groups is 2. The Bertz CT molecular complexity index is 662. The number of ketones is 1. The summed E-state index contributed by atoms with van der Waals surface area (Å²) in [6.07, 6.45) is 0.819. The van der Waals surface area contributed by atoms with Gasteiger partial charge < -0.3 is 9.64 Å². The molecule has 0 aliphatic heterocycles. The Morgan fingerprint density at radius 1 is 1.17 bits per heavy atom. The van der Waals surface area contributed by atoms with Crippen LogP contribution in [0, 0.1) is 0 Å². The van der Waals surface area contributed by atoms with Crippen LogP contribution in [0.25, 0.3) is 0 Å². The van der Waals surface area contributed by atoms with E-state index in [4.69, 9.17) is 4.74 Å². The van der Waals surface area contributed by atoms with Gasteiger partial charge in [0.1, 0.15) is 0 Å². The van der Waals surface area contributed by atoms with E-state index in [9.17, 15) is 9.59 Å². The molecule has 0 bridgehead atoms. The molecule has 1 atom stereocenters. The molecule has 0 aliphatic rings. The minimum Gasteiger partial charge on any atom is -0.465 e. The van der Waals surface area contributed by atoms with Crippen molar-refractivity contribution in [2.45, 2.75) is 19.3 Å². The number of benzene rings is 1. The van der Waals surface area contributed by atoms with Gasteiger partial charge in [0.15, 0.2) is 0 Å². The van der Waals surface area contributed by atoms with Gasteiger partial charge in [-0.05, 0) is 44.4 Å². The van der Waals surface area contributed by atoms with Crippen molar-refractivity contribution in [1.82, 2.24) is 4.90 Å². The third-order valence-electron chi connectivity index (χ3n) is 3.77. The molecule has 1 aromatic heterocycles. The molecule has 2 rings (SSSR count). The Balaban J connectivity index is 1.92. The SMILES string of the molecule is CC(C(=O)OCCCN(C)C)c1ccc(C(=O)c2cccs2)cc1. The number of carbonyl (C=O) groups excluding carboxylic acids is 2. The average Bonchev–Trinajstić information content (AvgIpc) is 3.11. The molecule has 0 fully saturated rings. The van der Waals surface area contributed by atoms with E-state index in [1.54, 1.807) is 12.1 Å². The Morgan fingerprint density at radius 2 is 1.88 bits per heavy atom. The Hall–Kier alpha value is -1.98. The second-order valence-corrected chi connectivity index (χ2v) is 6.92. The molecule has 4 nitrogen and oxygen atoms in total. The minimum absolute atomic E-state index is 0.00969. The smallest absolute Gasteiger partial charge is 0.313 e. The molecular formula is C19H23NO3S. The lowest BCUT2D eigenvalue weighted by molar-refractivity contribution is -0.145. The van der Waals surface area contributed by atoms with Crippen molar-refractivity contribution in [3.8, 4) is 0 Å². The number of nitrogens with zero attached hydrogens (tertiary/aromatic N) is 1. The molecule has 128 valence electrons. The molecule has 0 aliphatic carbocycles. The van der Waals surface area contributed by atoms with Crippen LogP contribution in [0.4, 0.5) is 0 Å². The van der Waals surface area contributed by atoms with Gasteiger partial charge in [0.2, 0.25) is 5.78 Å². The Kier molecular flexibility index (Phi) is 6.70. The summed E-state index contributed by atoms with van der Waals surface area (Å²) in [4.78, 5) is 27.1. The second-order valence-electron chi connectivity index (χ2n) is 5.97. The molecule has 1 heterocycles. The van der Waals surface area contributed by atoms with Gasteiger partial charge in [-0.2, -0.15) is 0 Å². The van der Waals surface area contributed by atoms with Crippen LogP contribution >= 0.6 is 11.3 Å². The molecule has 0 spiro atoms. The van der Waals surface area contributed by atoms with Crippen LogP contribution in [0.2, 0.25) is 0 Å². The zero-order valence-electron chi connectivity index (χ0n) is 14.3. The summed E-state index contributed by atoms with van der Waals surface area (Å²) >= 11 is 1.43. The number of thiophene rings is 1. The molecular weight excluding hydrogens is 322 g/mol. The fraction of sp³-hybridized carbons (Fsp3) is 0.368. The first-order chi connectivity index (χ1) is 11.5. The molecule has 0 amide bonds. The Morgan fingerprint density at radius 3 is 2.46 bits per heavy atom. The summed E-state index contributed by atoms with van der Waals surface area (Å²) in [7, 11) is 3.98. The van der Waals surface area contributed by atoms with E-state index in [1.807, 2.05) is 50.7 Å². The van der Waals surface area contributed by atoms with Crippen LogP contribution in [0.1, 0.15) is 40.1 Å². The van der Waals surface area contributed by atoms with E-state index in [-0.39, 0.29) is 17.7 Å². The molecule has 0 saturated carbocycles. The topological polar surface area (TPSA) is 46.6 Å². The summed E-state index contributed by atoms with van der Waals surface area (Å²) in [5.74, 6) is -0.559. The lowest BCUT2D eigenvalue weighted by Gasteiger charge is -2.13. The van der Waals surface area contributed by atoms with Gasteiger partial charge in [0.25, 0.3) is 0 Å². The highest BCUT2D eigenvalue weighted by atomic mass is 32.1. The zero-order valence-corrected chi connectivity index (χ0v) is 15.1. The number of hydrogen-bond acceptors (Lipinski definition) is 5. The molecule has 1 aromatic carbocycles. The van der Waals surface area contributed by atoms with E-state index in [0.29, 0.717) is 12.2 Å². The summed E-state index contributed by atoms with van der Waals surface area (Å²) < 4.78 is 5.31. The van der Waals surface area contributed by atoms with Crippen LogP contribution in [0.3, 0.4) is 0 Å². The summed E-state index contributed by atoms with van der Waals surface area (Å²) in [6, 6.07) is 10.9. The lowest BCUT2D eigenvalue weighted by atomic mass is 9.98. The summed E-state index contributed by atoms with van der Waals surface area (Å²) in [6.45, 7) is 3.14. The van der Waals surface area contributed by atoms with Crippen molar-refractivity contribution >= 4 is 23.1 Å². The molecule has 0 saturated heterocycles. The fourth-order valence-corrected chi connectivity index (χ4v) is 2.97. The largest absolute Gasteiger partial charge is 0.465 e. The first-order valence-corrected chi connectivity index (χ1v) is 8.86. The first kappa shape index (κ1) is 18.4. The van der Waals surface area contributed by atoms with Gasteiger partial charge in [0.05, 0.1) is 17.4 Å². The van der Waals surface area contributed by atoms with E-state index >= 15 is 0 Å². The third-order valence-corrected chi connectivity index (χ3v) is 4.63. The Labute approximate surface area is 147 Å². The quantitative estimate of drug-likeness (QED) is 0.417. The monoisotopic (exact) mass is 345 g/mol. The van der Waals surface area contributed by atoms with E-state index in [1.165, 1.54) is 11.3 Å². The molecule has 2 aromatic rings. The highest BCUT2D eigenvalue weighted by molar-refractivity contribution is 7.12. The van der Waals surface area contributed by atoms with Crippen molar-refractivity contribution in [1.29, 1.82) is 0 Å². The van der Waals surface area contributed by atoms with Crippen LogP contribution in [-0.4, -0.2) is 43.9 Å². The second kappa shape index (κ2) is 8.76. The maximum Gasteiger partial charge on any atom is 0.313 e. The lowest BCUT2D eigenvalue weighted by Crippen LogP contribution is -2.18. The number of ether oxygens (including phenoxy) is 1. The predicted octanol–water partition coefficient (Wildman–Crippen LogP) is 3.58. The van der Waals surface area contributed by atoms with Crippen LogP contribution in [-0.2, 0) is 9.53 Å². The zero-order chi connectivity index (χ0) is 17.5. The average molecular weight is 345 g/mol. The number of esters is 1. The highest BCUT2D eigenvalue weighted by Crippen LogP contribution is 2.20. The number of rotatable bonds is 8. The van der Waals surface area contributed by atoms with E-state index < -0.39 is 0 Å². The van der Waals surface area contributed by atoms with Gasteiger partial charge in [0, 0.05) is 12.1 Å². The molecule has 0 N–H and O–H groups in total. The van der Waals surface area contributed by atoms with Gasteiger partial charge in [-0.15, -0.1) is 11.3 Å². The molecule has 0 radical (unpaired) electrons. The summed E-state index contributed by atoms with van der Waals surface area (Å²) in [5.41, 5.74) is 1.49. The van der Waals surface area contributed by atoms with Gasteiger partial charge in [-0.3, -0.25) is 9.59 Å². The van der Waals surface area contributed by atoms with Crippen LogP contribution < -0.4 is 0 Å². The molecule has 24 heavy (non-hydrogen) atoms. The highest BCUT2D eigenvalue weighted by Gasteiger charge is 2.17. The van der Waals surface area contributed by atoms with Crippen molar-refractivity contribution in [3.05, 3.63) is 57.8 Å². The van der Waals surface area contributed by atoms with Gasteiger partial charge >= 0.3 is 5.97 Å². The van der Waals surface area contributed by atoms with Crippen LogP contribution in [0.15, 0.2) is 41.8 Å². The first-order valence-electron chi connectivity index (χ1n) is 7.98. The fourth-order valence-electron chi connectivity index (χ4n) is 2.29. The standard InChI is InChI=1S/C19H23NO3S/c1-14(19(22)23-12-5-11-20(2)3)15-7-9-16(10-8-15)18(21)17-6-4-13-24-17/h4,6-10,13-14H,5,11-12H2,1-3H3. The van der Waals surface area contributed by atoms with Gasteiger partial charge in [-0.25, -0.2) is 0 Å².